The third-order valence-electron chi connectivity index (χ3n) is 6.72. The lowest BCUT2D eigenvalue weighted by Gasteiger charge is -2.42. The van der Waals surface area contributed by atoms with E-state index in [0.717, 1.165) is 24.0 Å². The van der Waals surface area contributed by atoms with Gasteiger partial charge in [-0.2, -0.15) is 16.1 Å². The second-order valence-electron chi connectivity index (χ2n) is 8.94. The Bertz CT molecular complexity index is 1080. The van der Waals surface area contributed by atoms with Crippen LogP contribution >= 0.6 is 11.8 Å². The van der Waals surface area contributed by atoms with E-state index < -0.39 is 28.0 Å². The molecule has 0 spiro atoms. The molecule has 1 saturated heterocycles. The highest BCUT2D eigenvalue weighted by Crippen LogP contribution is 2.45. The molecule has 1 aliphatic heterocycles. The van der Waals surface area contributed by atoms with Gasteiger partial charge in [0.25, 0.3) is 0 Å². The molecule has 1 N–H and O–H groups in total. The first-order valence-corrected chi connectivity index (χ1v) is 13.8. The van der Waals surface area contributed by atoms with Crippen LogP contribution in [0.25, 0.3) is 0 Å². The number of hydrogen-bond donors (Lipinski definition) is 1. The van der Waals surface area contributed by atoms with Crippen LogP contribution in [0.1, 0.15) is 49.3 Å². The van der Waals surface area contributed by atoms with E-state index in [2.05, 4.69) is 0 Å². The van der Waals surface area contributed by atoms with Crippen molar-refractivity contribution in [1.82, 2.24) is 4.31 Å². The van der Waals surface area contributed by atoms with Gasteiger partial charge in [-0.05, 0) is 56.0 Å². The van der Waals surface area contributed by atoms with Crippen LogP contribution in [-0.2, 0) is 14.8 Å². The average molecular weight is 490 g/mol. The molecule has 33 heavy (non-hydrogen) atoms. The summed E-state index contributed by atoms with van der Waals surface area (Å²) >= 11 is 1.75. The minimum Gasteiger partial charge on any atom is -0.497 e. The smallest absolute Gasteiger partial charge is 0.308 e. The highest BCUT2D eigenvalue weighted by molar-refractivity contribution is 8.00. The molecule has 0 unspecified atom stereocenters. The van der Waals surface area contributed by atoms with Crippen molar-refractivity contribution in [2.75, 3.05) is 13.7 Å². The molecule has 1 aliphatic carbocycles. The summed E-state index contributed by atoms with van der Waals surface area (Å²) in [6.07, 6.45) is 5.01. The third kappa shape index (κ3) is 5.23. The predicted octanol–water partition coefficient (Wildman–Crippen LogP) is 4.88. The number of thioether (sulfide) groups is 1. The molecule has 1 heterocycles. The summed E-state index contributed by atoms with van der Waals surface area (Å²) < 4.78 is 34.3. The molecule has 8 heteroatoms. The number of carboxylic acid groups (broad SMARTS) is 1. The summed E-state index contributed by atoms with van der Waals surface area (Å²) in [5, 5.41) is 10.4. The average Bonchev–Trinajstić information content (AvgIpc) is 3.32. The van der Waals surface area contributed by atoms with E-state index in [1.165, 1.54) is 17.1 Å². The summed E-state index contributed by atoms with van der Waals surface area (Å²) in [6, 6.07) is 13.7. The van der Waals surface area contributed by atoms with E-state index in [0.29, 0.717) is 17.4 Å². The van der Waals surface area contributed by atoms with Gasteiger partial charge in [0.15, 0.2) is 0 Å². The molecule has 0 aromatic heterocycles. The largest absolute Gasteiger partial charge is 0.497 e. The zero-order valence-electron chi connectivity index (χ0n) is 19.0. The fourth-order valence-corrected chi connectivity index (χ4v) is 8.30. The van der Waals surface area contributed by atoms with Crippen LogP contribution in [0.3, 0.4) is 0 Å². The molecule has 2 aliphatic rings. The predicted molar refractivity (Wildman–Crippen MR) is 130 cm³/mol. The monoisotopic (exact) mass is 489 g/mol. The number of benzene rings is 2. The van der Waals surface area contributed by atoms with E-state index in [1.807, 2.05) is 31.2 Å². The summed E-state index contributed by atoms with van der Waals surface area (Å²) in [6.45, 7) is 1.86. The molecular weight excluding hydrogens is 458 g/mol. The van der Waals surface area contributed by atoms with Crippen molar-refractivity contribution in [3.05, 3.63) is 59.7 Å². The van der Waals surface area contributed by atoms with Crippen LogP contribution in [0, 0.1) is 12.8 Å². The van der Waals surface area contributed by atoms with Crippen molar-refractivity contribution in [3.63, 3.8) is 0 Å². The number of carbonyl (C=O) groups is 1. The van der Waals surface area contributed by atoms with E-state index in [4.69, 9.17) is 4.74 Å². The Labute approximate surface area is 200 Å². The number of aryl methyl sites for hydroxylation is 1. The number of aliphatic carboxylic acids is 1. The molecule has 0 amide bonds. The minimum absolute atomic E-state index is 0.0438. The van der Waals surface area contributed by atoms with Crippen molar-refractivity contribution in [2.24, 2.45) is 5.92 Å². The second kappa shape index (κ2) is 10.1. The standard InChI is InChI=1S/C25H31NO5S2/c1-17-10-12-21(13-11-17)33(29,30)26-16-22(25(27)28)24(32-20-8-3-4-9-20)15-23(26)18-6-5-7-19(14-18)31-2/h5-7,10-14,20,22-24H,3-4,8-9,15-16H2,1-2H3,(H,27,28)/t22-,23+,24-/m1/s1. The molecule has 2 aromatic carbocycles. The molecule has 0 radical (unpaired) electrons. The summed E-state index contributed by atoms with van der Waals surface area (Å²) in [5.41, 5.74) is 1.79. The molecule has 2 fully saturated rings. The van der Waals surface area contributed by atoms with Crippen molar-refractivity contribution >= 4 is 27.8 Å². The topological polar surface area (TPSA) is 83.9 Å². The van der Waals surface area contributed by atoms with E-state index in [-0.39, 0.29) is 16.7 Å². The van der Waals surface area contributed by atoms with Gasteiger partial charge < -0.3 is 9.84 Å². The van der Waals surface area contributed by atoms with Gasteiger partial charge in [-0.25, -0.2) is 8.42 Å². The Balaban J connectivity index is 1.74. The van der Waals surface area contributed by atoms with Gasteiger partial charge >= 0.3 is 5.97 Å². The van der Waals surface area contributed by atoms with Crippen molar-refractivity contribution in [2.45, 2.75) is 60.5 Å². The summed E-state index contributed by atoms with van der Waals surface area (Å²) in [5.74, 6) is -1.03. The van der Waals surface area contributed by atoms with Crippen LogP contribution in [-0.4, -0.2) is 48.0 Å². The quantitative estimate of drug-likeness (QED) is 0.597. The third-order valence-corrected chi connectivity index (χ3v) is 10.3. The Morgan fingerprint density at radius 3 is 2.45 bits per heavy atom. The SMILES string of the molecule is COc1cccc([C@@H]2C[C@@H](SC3CCCC3)[C@H](C(=O)O)CN2S(=O)(=O)c2ccc(C)cc2)c1. The van der Waals surface area contributed by atoms with E-state index in [9.17, 15) is 18.3 Å². The second-order valence-corrected chi connectivity index (χ2v) is 12.4. The highest BCUT2D eigenvalue weighted by atomic mass is 32.2. The lowest BCUT2D eigenvalue weighted by atomic mass is 9.90. The first kappa shape index (κ1) is 24.1. The summed E-state index contributed by atoms with van der Waals surface area (Å²) in [4.78, 5) is 12.5. The highest BCUT2D eigenvalue weighted by Gasteiger charge is 2.46. The fraction of sp³-hybridized carbons (Fsp3) is 0.480. The number of rotatable bonds is 7. The number of ether oxygens (including phenoxy) is 1. The van der Waals surface area contributed by atoms with E-state index >= 15 is 0 Å². The normalized spacial score (nSPS) is 24.6. The molecule has 3 atom stereocenters. The van der Waals surface area contributed by atoms with Gasteiger partial charge in [0.1, 0.15) is 5.75 Å². The zero-order valence-corrected chi connectivity index (χ0v) is 20.6. The number of sulfonamides is 1. The Morgan fingerprint density at radius 2 is 1.82 bits per heavy atom. The van der Waals surface area contributed by atoms with Crippen LogP contribution in [0.15, 0.2) is 53.4 Å². The van der Waals surface area contributed by atoms with Crippen LogP contribution in [0.5, 0.6) is 5.75 Å². The zero-order chi connectivity index (χ0) is 23.6. The van der Waals surface area contributed by atoms with E-state index in [1.54, 1.807) is 43.1 Å². The Kier molecular flexibility index (Phi) is 7.36. The molecule has 2 aromatic rings. The number of methoxy groups -OCH3 is 1. The van der Waals surface area contributed by atoms with Crippen LogP contribution < -0.4 is 4.74 Å². The fourth-order valence-electron chi connectivity index (χ4n) is 4.86. The van der Waals surface area contributed by atoms with Crippen LogP contribution in [0.2, 0.25) is 0 Å². The van der Waals surface area contributed by atoms with Gasteiger partial charge in [-0.1, -0.05) is 42.7 Å². The van der Waals surface area contributed by atoms with Gasteiger partial charge in [0, 0.05) is 17.0 Å². The molecule has 4 rings (SSSR count). The number of piperidine rings is 1. The summed E-state index contributed by atoms with van der Waals surface area (Å²) in [7, 11) is -2.31. The maximum absolute atomic E-state index is 13.8. The Hall–Kier alpha value is -2.03. The van der Waals surface area contributed by atoms with Gasteiger partial charge in [0.05, 0.1) is 24.0 Å². The number of carboxylic acids is 1. The van der Waals surface area contributed by atoms with Gasteiger partial charge in [-0.15, -0.1) is 0 Å². The number of nitrogens with zero attached hydrogens (tertiary/aromatic N) is 1. The molecule has 6 nitrogen and oxygen atoms in total. The minimum atomic E-state index is -3.89. The molecule has 1 saturated carbocycles. The first-order chi connectivity index (χ1) is 15.8. The number of hydrogen-bond acceptors (Lipinski definition) is 5. The maximum Gasteiger partial charge on any atom is 0.308 e. The van der Waals surface area contributed by atoms with Crippen molar-refractivity contribution < 1.29 is 23.1 Å². The van der Waals surface area contributed by atoms with Gasteiger partial charge in [0.2, 0.25) is 10.0 Å². The van der Waals surface area contributed by atoms with Crippen LogP contribution in [0.4, 0.5) is 0 Å². The van der Waals surface area contributed by atoms with Gasteiger partial charge in [-0.3, -0.25) is 4.79 Å². The lowest BCUT2D eigenvalue weighted by Crippen LogP contribution is -2.49. The Morgan fingerprint density at radius 1 is 1.12 bits per heavy atom. The first-order valence-electron chi connectivity index (χ1n) is 11.4. The lowest BCUT2D eigenvalue weighted by molar-refractivity contribution is -0.143. The van der Waals surface area contributed by atoms with Crippen molar-refractivity contribution in [3.8, 4) is 5.75 Å². The van der Waals surface area contributed by atoms with Crippen molar-refractivity contribution in [1.29, 1.82) is 0 Å². The molecule has 0 bridgehead atoms. The molecular formula is C25H31NO5S2. The molecule has 178 valence electrons. The maximum atomic E-state index is 13.8.